The van der Waals surface area contributed by atoms with Gasteiger partial charge in [-0.1, -0.05) is 12.1 Å². The molecule has 0 saturated carbocycles. The van der Waals surface area contributed by atoms with E-state index < -0.39 is 0 Å². The highest BCUT2D eigenvalue weighted by atomic mass is 16.3. The molecule has 158 valence electrons. The molecule has 0 bridgehead atoms. The SMILES string of the molecule is Cc1ccc2c(n1)oc1c(-c3cccc(N4C=CN(C(C)C)[C@H]4C)[n+]3C)c(C)ccc12. The molecule has 4 aromatic rings. The van der Waals surface area contributed by atoms with Crippen LogP contribution in [0.1, 0.15) is 32.0 Å². The molecule has 1 aromatic carbocycles. The van der Waals surface area contributed by atoms with Gasteiger partial charge in [0.2, 0.25) is 5.71 Å². The molecule has 4 heterocycles. The summed E-state index contributed by atoms with van der Waals surface area (Å²) in [5.41, 5.74) is 5.99. The Balaban J connectivity index is 1.70. The maximum Gasteiger partial charge on any atom is 0.283 e. The molecule has 0 N–H and O–H groups in total. The van der Waals surface area contributed by atoms with Crippen molar-refractivity contribution in [3.8, 4) is 11.3 Å². The van der Waals surface area contributed by atoms with Gasteiger partial charge < -0.3 is 9.32 Å². The number of furan rings is 1. The van der Waals surface area contributed by atoms with Crippen molar-refractivity contribution in [1.29, 1.82) is 0 Å². The molecule has 1 atom stereocenters. The van der Waals surface area contributed by atoms with Crippen LogP contribution >= 0.6 is 0 Å². The number of fused-ring (bicyclic) bond motifs is 3. The van der Waals surface area contributed by atoms with E-state index in [0.717, 1.165) is 39.1 Å². The van der Waals surface area contributed by atoms with Gasteiger partial charge in [-0.25, -0.2) is 14.5 Å². The van der Waals surface area contributed by atoms with Crippen molar-refractivity contribution in [2.24, 2.45) is 7.05 Å². The second-order valence-corrected chi connectivity index (χ2v) is 8.75. The van der Waals surface area contributed by atoms with E-state index in [1.807, 2.05) is 13.0 Å². The van der Waals surface area contributed by atoms with Gasteiger partial charge >= 0.3 is 0 Å². The number of anilines is 1. The third-order valence-corrected chi connectivity index (χ3v) is 6.41. The molecule has 1 aliphatic heterocycles. The minimum Gasteiger partial charge on any atom is -0.437 e. The summed E-state index contributed by atoms with van der Waals surface area (Å²) in [6.45, 7) is 10.8. The molecule has 0 fully saturated rings. The number of aryl methyl sites for hydroxylation is 2. The van der Waals surface area contributed by atoms with Crippen molar-refractivity contribution in [3.63, 3.8) is 0 Å². The summed E-state index contributed by atoms with van der Waals surface area (Å²) < 4.78 is 8.59. The van der Waals surface area contributed by atoms with Crippen molar-refractivity contribution in [1.82, 2.24) is 9.88 Å². The zero-order chi connectivity index (χ0) is 21.9. The van der Waals surface area contributed by atoms with Crippen LogP contribution in [-0.2, 0) is 7.05 Å². The van der Waals surface area contributed by atoms with Crippen LogP contribution in [0.2, 0.25) is 0 Å². The van der Waals surface area contributed by atoms with E-state index in [1.165, 1.54) is 5.56 Å². The topological polar surface area (TPSA) is 36.4 Å². The van der Waals surface area contributed by atoms with E-state index in [4.69, 9.17) is 4.42 Å². The average Bonchev–Trinajstić information content (AvgIpc) is 3.28. The summed E-state index contributed by atoms with van der Waals surface area (Å²) >= 11 is 0. The van der Waals surface area contributed by atoms with E-state index in [2.05, 4.69) is 103 Å². The number of aromatic nitrogens is 2. The molecule has 0 saturated heterocycles. The molecule has 5 heteroatoms. The first-order chi connectivity index (χ1) is 14.9. The average molecular weight is 414 g/mol. The fourth-order valence-electron chi connectivity index (χ4n) is 4.73. The lowest BCUT2D eigenvalue weighted by Gasteiger charge is -2.28. The van der Waals surface area contributed by atoms with E-state index in [0.29, 0.717) is 11.8 Å². The van der Waals surface area contributed by atoms with Crippen LogP contribution in [0, 0.1) is 13.8 Å². The molecule has 0 radical (unpaired) electrons. The standard InChI is InChI=1S/C26H29N4O/c1-16(2)29-14-15-30(19(29)5)23-9-7-8-22(28(23)6)24-17(3)10-12-20-21-13-11-18(4)27-26(21)31-25(20)24/h7-16,19H,1-6H3/q+1/t19-/m1/s1. The van der Waals surface area contributed by atoms with Crippen LogP contribution in [0.3, 0.4) is 0 Å². The number of hydrogen-bond donors (Lipinski definition) is 0. The number of hydrogen-bond acceptors (Lipinski definition) is 4. The van der Waals surface area contributed by atoms with Gasteiger partial charge in [0.1, 0.15) is 17.5 Å². The zero-order valence-corrected chi connectivity index (χ0v) is 19.0. The minimum atomic E-state index is 0.261. The Morgan fingerprint density at radius 1 is 1.00 bits per heavy atom. The summed E-state index contributed by atoms with van der Waals surface area (Å²) in [7, 11) is 2.13. The van der Waals surface area contributed by atoms with Gasteiger partial charge in [0.25, 0.3) is 5.82 Å². The molecule has 0 spiro atoms. The van der Waals surface area contributed by atoms with Crippen LogP contribution in [0.4, 0.5) is 5.82 Å². The zero-order valence-electron chi connectivity index (χ0n) is 19.0. The summed E-state index contributed by atoms with van der Waals surface area (Å²) in [6, 6.07) is 15.4. The molecule has 5 nitrogen and oxygen atoms in total. The van der Waals surface area contributed by atoms with Crippen LogP contribution in [0.5, 0.6) is 0 Å². The van der Waals surface area contributed by atoms with Gasteiger partial charge in [-0.3, -0.25) is 0 Å². The lowest BCUT2D eigenvalue weighted by molar-refractivity contribution is -0.647. The van der Waals surface area contributed by atoms with Gasteiger partial charge in [0, 0.05) is 34.8 Å². The summed E-state index contributed by atoms with van der Waals surface area (Å²) in [6.07, 6.45) is 4.61. The van der Waals surface area contributed by atoms with Gasteiger partial charge in [-0.05, 0) is 64.4 Å². The van der Waals surface area contributed by atoms with Crippen molar-refractivity contribution >= 4 is 27.9 Å². The van der Waals surface area contributed by atoms with Crippen LogP contribution < -0.4 is 9.47 Å². The summed E-state index contributed by atoms with van der Waals surface area (Å²) in [4.78, 5) is 9.31. The third kappa shape index (κ3) is 2.99. The van der Waals surface area contributed by atoms with Crippen LogP contribution in [-0.4, -0.2) is 22.1 Å². The van der Waals surface area contributed by atoms with E-state index in [9.17, 15) is 0 Å². The molecular formula is C26H29N4O+. The fourth-order valence-corrected chi connectivity index (χ4v) is 4.73. The monoisotopic (exact) mass is 413 g/mol. The highest BCUT2D eigenvalue weighted by Crippen LogP contribution is 2.37. The summed E-state index contributed by atoms with van der Waals surface area (Å²) in [5, 5.41) is 2.17. The lowest BCUT2D eigenvalue weighted by Crippen LogP contribution is -2.45. The molecular weight excluding hydrogens is 384 g/mol. The van der Waals surface area contributed by atoms with E-state index in [1.54, 1.807) is 0 Å². The number of benzene rings is 1. The minimum absolute atomic E-state index is 0.261. The number of rotatable bonds is 3. The summed E-state index contributed by atoms with van der Waals surface area (Å²) in [5.74, 6) is 1.14. The normalized spacial score (nSPS) is 16.4. The fraction of sp³-hybridized carbons (Fsp3) is 0.308. The maximum atomic E-state index is 6.33. The largest absolute Gasteiger partial charge is 0.437 e. The molecule has 0 unspecified atom stereocenters. The van der Waals surface area contributed by atoms with Gasteiger partial charge in [-0.15, -0.1) is 0 Å². The molecule has 5 rings (SSSR count). The second-order valence-electron chi connectivity index (χ2n) is 8.75. The molecule has 3 aromatic heterocycles. The predicted molar refractivity (Wildman–Crippen MR) is 126 cm³/mol. The van der Waals surface area contributed by atoms with Gasteiger partial charge in [0.15, 0.2) is 6.17 Å². The lowest BCUT2D eigenvalue weighted by atomic mass is 10.0. The number of nitrogens with zero attached hydrogens (tertiary/aromatic N) is 4. The van der Waals surface area contributed by atoms with E-state index >= 15 is 0 Å². The molecule has 31 heavy (non-hydrogen) atoms. The first-order valence-electron chi connectivity index (χ1n) is 10.9. The Bertz CT molecular complexity index is 1330. The Kier molecular flexibility index (Phi) is 4.50. The van der Waals surface area contributed by atoms with Crippen LogP contribution in [0.25, 0.3) is 33.3 Å². The van der Waals surface area contributed by atoms with E-state index in [-0.39, 0.29) is 6.17 Å². The van der Waals surface area contributed by atoms with Crippen molar-refractivity contribution < 1.29 is 8.98 Å². The van der Waals surface area contributed by atoms with Crippen molar-refractivity contribution in [2.75, 3.05) is 4.90 Å². The smallest absolute Gasteiger partial charge is 0.283 e. The molecule has 1 aliphatic rings. The van der Waals surface area contributed by atoms with Crippen molar-refractivity contribution in [3.05, 3.63) is 66.1 Å². The highest BCUT2D eigenvalue weighted by Gasteiger charge is 2.33. The molecule has 0 aliphatic carbocycles. The molecule has 0 amide bonds. The Morgan fingerprint density at radius 3 is 2.52 bits per heavy atom. The Morgan fingerprint density at radius 2 is 1.77 bits per heavy atom. The maximum absolute atomic E-state index is 6.33. The highest BCUT2D eigenvalue weighted by molar-refractivity contribution is 6.08. The quantitative estimate of drug-likeness (QED) is 0.419. The van der Waals surface area contributed by atoms with Crippen LogP contribution in [0.15, 0.2) is 59.3 Å². The Labute approximate surface area is 183 Å². The number of pyridine rings is 2. The van der Waals surface area contributed by atoms with Gasteiger partial charge in [-0.2, -0.15) is 0 Å². The van der Waals surface area contributed by atoms with Gasteiger partial charge in [0.05, 0.1) is 12.6 Å². The first kappa shape index (κ1) is 19.6. The third-order valence-electron chi connectivity index (χ3n) is 6.41. The predicted octanol–water partition coefficient (Wildman–Crippen LogP) is 5.44. The Hall–Kier alpha value is -3.34. The van der Waals surface area contributed by atoms with Crippen molar-refractivity contribution in [2.45, 2.75) is 46.8 Å². The second kappa shape index (κ2) is 7.12. The first-order valence-corrected chi connectivity index (χ1v) is 10.9.